The van der Waals surface area contributed by atoms with Crippen LogP contribution in [0.1, 0.15) is 5.56 Å². The Kier molecular flexibility index (Phi) is 3.38. The highest BCUT2D eigenvalue weighted by molar-refractivity contribution is 5.68. The summed E-state index contributed by atoms with van der Waals surface area (Å²) in [5, 5.41) is 0. The summed E-state index contributed by atoms with van der Waals surface area (Å²) in [6.07, 6.45) is 4.28. The summed E-state index contributed by atoms with van der Waals surface area (Å²) < 4.78 is 7.33. The third-order valence-electron chi connectivity index (χ3n) is 4.14. The van der Waals surface area contributed by atoms with Gasteiger partial charge in [-0.15, -0.1) is 0 Å². The van der Waals surface area contributed by atoms with E-state index >= 15 is 0 Å². The van der Waals surface area contributed by atoms with Crippen molar-refractivity contribution in [3.05, 3.63) is 18.0 Å². The van der Waals surface area contributed by atoms with Gasteiger partial charge in [0.05, 0.1) is 37.7 Å². The maximum atomic E-state index is 5.59. The largest absolute Gasteiger partial charge is 0.378 e. The maximum absolute atomic E-state index is 5.59. The molecule has 4 heterocycles. The van der Waals surface area contributed by atoms with Crippen molar-refractivity contribution < 1.29 is 9.31 Å². The van der Waals surface area contributed by atoms with Crippen LogP contribution in [0.3, 0.4) is 0 Å². The third-order valence-corrected chi connectivity index (χ3v) is 4.14. The van der Waals surface area contributed by atoms with Crippen LogP contribution < -0.4 is 10.6 Å². The molecule has 0 saturated carbocycles. The van der Waals surface area contributed by atoms with E-state index in [-0.39, 0.29) is 5.95 Å². The van der Waals surface area contributed by atoms with Crippen LogP contribution in [0, 0.1) is 0 Å². The molecule has 1 fully saturated rings. The molecule has 4 rings (SSSR count). The summed E-state index contributed by atoms with van der Waals surface area (Å²) >= 11 is 0. The number of nitrogens with zero attached hydrogens (tertiary/aromatic N) is 6. The molecule has 23 heavy (non-hydrogen) atoms. The molecule has 8 nitrogen and oxygen atoms in total. The summed E-state index contributed by atoms with van der Waals surface area (Å²) in [6.45, 7) is 7.84. The molecule has 0 spiro atoms. The maximum Gasteiger partial charge on any atom is 0.342 e. The summed E-state index contributed by atoms with van der Waals surface area (Å²) in [5.74, 6) is 1.84. The van der Waals surface area contributed by atoms with Gasteiger partial charge in [-0.2, -0.15) is 4.98 Å². The van der Waals surface area contributed by atoms with Crippen LogP contribution in [0.15, 0.2) is 12.4 Å². The van der Waals surface area contributed by atoms with E-state index in [1.807, 2.05) is 4.58 Å². The number of fused-ring (bicyclic) bond motifs is 1. The van der Waals surface area contributed by atoms with E-state index in [1.165, 1.54) is 0 Å². The molecule has 0 unspecified atom stereocenters. The molecule has 0 aliphatic carbocycles. The van der Waals surface area contributed by atoms with Gasteiger partial charge in [0, 0.05) is 37.5 Å². The van der Waals surface area contributed by atoms with Gasteiger partial charge in [-0.1, -0.05) is 0 Å². The second kappa shape index (κ2) is 5.54. The number of nitrogens with two attached hydrogens (primary N) is 1. The Morgan fingerprint density at radius 1 is 1.17 bits per heavy atom. The number of morpholine rings is 1. The van der Waals surface area contributed by atoms with Crippen LogP contribution in [-0.2, 0) is 11.2 Å². The molecule has 1 saturated heterocycles. The molecule has 2 aromatic heterocycles. The van der Waals surface area contributed by atoms with E-state index in [0.717, 1.165) is 48.7 Å². The first-order valence-corrected chi connectivity index (χ1v) is 7.62. The zero-order valence-corrected chi connectivity index (χ0v) is 12.8. The highest BCUT2D eigenvalue weighted by Crippen LogP contribution is 2.33. The lowest BCUT2D eigenvalue weighted by molar-refractivity contribution is -0.423. The van der Waals surface area contributed by atoms with Crippen molar-refractivity contribution in [3.63, 3.8) is 0 Å². The van der Waals surface area contributed by atoms with Crippen molar-refractivity contribution in [2.24, 2.45) is 0 Å². The molecular weight excluding hydrogens is 294 g/mol. The van der Waals surface area contributed by atoms with Crippen LogP contribution in [0.2, 0.25) is 0 Å². The van der Waals surface area contributed by atoms with E-state index in [4.69, 9.17) is 20.4 Å². The van der Waals surface area contributed by atoms with E-state index < -0.39 is 0 Å². The lowest BCUT2D eigenvalue weighted by atomic mass is 10.1. The van der Waals surface area contributed by atoms with Crippen molar-refractivity contribution in [3.8, 4) is 11.3 Å². The fourth-order valence-electron chi connectivity index (χ4n) is 2.91. The molecule has 0 bridgehead atoms. The minimum absolute atomic E-state index is 0.256. The van der Waals surface area contributed by atoms with Gasteiger partial charge >= 0.3 is 11.8 Å². The summed E-state index contributed by atoms with van der Waals surface area (Å²) in [7, 11) is 0. The van der Waals surface area contributed by atoms with Crippen LogP contribution in [0.5, 0.6) is 0 Å². The number of anilines is 2. The normalized spacial score (nSPS) is 17.4. The molecule has 2 aliphatic heterocycles. The highest BCUT2D eigenvalue weighted by Gasteiger charge is 2.32. The van der Waals surface area contributed by atoms with Crippen molar-refractivity contribution in [1.29, 1.82) is 0 Å². The quantitative estimate of drug-likeness (QED) is 0.795. The Hall–Kier alpha value is -2.61. The molecule has 2 aliphatic rings. The van der Waals surface area contributed by atoms with Crippen LogP contribution >= 0.6 is 0 Å². The number of hydrogen-bond acceptors (Lipinski definition) is 7. The Labute approximate surface area is 133 Å². The lowest BCUT2D eigenvalue weighted by Gasteiger charge is -2.24. The van der Waals surface area contributed by atoms with E-state index in [0.29, 0.717) is 19.2 Å². The van der Waals surface area contributed by atoms with Crippen LogP contribution in [-0.4, -0.2) is 64.1 Å². The molecule has 0 atom stereocenters. The fraction of sp³-hybridized carbons (Fsp3) is 0.400. The van der Waals surface area contributed by atoms with Crippen LogP contribution in [0.4, 0.5) is 17.7 Å². The average Bonchev–Trinajstić information content (AvgIpc) is 2.97. The summed E-state index contributed by atoms with van der Waals surface area (Å²) in [4.78, 5) is 19.8. The van der Waals surface area contributed by atoms with Gasteiger partial charge in [-0.25, -0.2) is 14.5 Å². The third kappa shape index (κ3) is 2.50. The van der Waals surface area contributed by atoms with E-state index in [9.17, 15) is 0 Å². The molecule has 2 aromatic rings. The van der Waals surface area contributed by atoms with Crippen molar-refractivity contribution in [2.45, 2.75) is 6.42 Å². The molecule has 8 heteroatoms. The zero-order chi connectivity index (χ0) is 15.8. The lowest BCUT2D eigenvalue weighted by Crippen LogP contribution is -2.37. The highest BCUT2D eigenvalue weighted by atomic mass is 16.5. The van der Waals surface area contributed by atoms with Gasteiger partial charge in [0.25, 0.3) is 0 Å². The number of ether oxygens (including phenoxy) is 1. The van der Waals surface area contributed by atoms with Gasteiger partial charge < -0.3 is 15.4 Å². The van der Waals surface area contributed by atoms with E-state index in [1.54, 1.807) is 12.4 Å². The molecule has 118 valence electrons. The summed E-state index contributed by atoms with van der Waals surface area (Å²) in [5.41, 5.74) is 8.39. The van der Waals surface area contributed by atoms with Gasteiger partial charge in [0.15, 0.2) is 0 Å². The Morgan fingerprint density at radius 3 is 2.65 bits per heavy atom. The van der Waals surface area contributed by atoms with Gasteiger partial charge in [0.1, 0.15) is 0 Å². The second-order valence-electron chi connectivity index (χ2n) is 5.62. The van der Waals surface area contributed by atoms with Crippen molar-refractivity contribution >= 4 is 24.4 Å². The Morgan fingerprint density at radius 2 is 1.91 bits per heavy atom. The SMILES string of the molecule is C=[N+]1CCc2c(-c3cnc(N)nc3)nc(N3CCOCC3)nc21. The first kappa shape index (κ1) is 14.0. The predicted octanol–water partition coefficient (Wildman–Crippen LogP) is 0.253. The van der Waals surface area contributed by atoms with Crippen molar-refractivity contribution in [1.82, 2.24) is 19.9 Å². The first-order chi connectivity index (χ1) is 11.2. The number of rotatable bonds is 2. The standard InChI is InChI=1S/C15H18N7O/c1-21-3-2-11-12(10-8-17-14(16)18-9-10)19-15(20-13(11)21)22-4-6-23-7-5-22/h8-9H,1-7H2,(H2,16,17,18)/q+1. The average molecular weight is 312 g/mol. The smallest absolute Gasteiger partial charge is 0.342 e. The monoisotopic (exact) mass is 312 g/mol. The molecule has 0 amide bonds. The summed E-state index contributed by atoms with van der Waals surface area (Å²) in [6, 6.07) is 0. The van der Waals surface area contributed by atoms with Gasteiger partial charge in [0.2, 0.25) is 5.95 Å². The topological polar surface area (TPSA) is 93.1 Å². The molecule has 2 N–H and O–H groups in total. The van der Waals surface area contributed by atoms with Crippen molar-refractivity contribution in [2.75, 3.05) is 43.5 Å². The molecule has 0 radical (unpaired) electrons. The minimum atomic E-state index is 0.256. The van der Waals surface area contributed by atoms with Crippen LogP contribution in [0.25, 0.3) is 11.3 Å². The Balaban J connectivity index is 1.83. The molecular formula is C15H18N7O+. The second-order valence-corrected chi connectivity index (χ2v) is 5.62. The minimum Gasteiger partial charge on any atom is -0.378 e. The zero-order valence-electron chi connectivity index (χ0n) is 12.8. The number of aromatic nitrogens is 4. The van der Waals surface area contributed by atoms with E-state index in [2.05, 4.69) is 21.6 Å². The Bertz CT molecular complexity index is 753. The molecule has 0 aromatic carbocycles. The number of nitrogen functional groups attached to an aromatic ring is 1. The predicted molar refractivity (Wildman–Crippen MR) is 86.1 cm³/mol. The fourth-order valence-corrected chi connectivity index (χ4v) is 2.91. The first-order valence-electron chi connectivity index (χ1n) is 7.62. The van der Waals surface area contributed by atoms with Gasteiger partial charge in [-0.05, 0) is 4.98 Å². The number of hydrogen-bond donors (Lipinski definition) is 1. The van der Waals surface area contributed by atoms with Gasteiger partial charge in [-0.3, -0.25) is 0 Å².